The van der Waals surface area contributed by atoms with Crippen molar-refractivity contribution in [3.8, 4) is 0 Å². The molecule has 0 aliphatic rings. The second-order valence-corrected chi connectivity index (χ2v) is 5.47. The highest BCUT2D eigenvalue weighted by Crippen LogP contribution is 2.14. The predicted molar refractivity (Wildman–Crippen MR) is 58.0 cm³/mol. The van der Waals surface area contributed by atoms with E-state index in [2.05, 4.69) is 46.9 Å². The highest BCUT2D eigenvalue weighted by molar-refractivity contribution is 4.76. The Kier molecular flexibility index (Phi) is 4.93. The van der Waals surface area contributed by atoms with Crippen LogP contribution in [0.3, 0.4) is 0 Å². The molecule has 0 aromatic heterocycles. The minimum atomic E-state index is 0.0972. The van der Waals surface area contributed by atoms with Gasteiger partial charge >= 0.3 is 0 Å². The van der Waals surface area contributed by atoms with Crippen molar-refractivity contribution in [1.29, 1.82) is 0 Å². The highest BCUT2D eigenvalue weighted by Gasteiger charge is 2.18. The Labute approximate surface area is 83.1 Å². The summed E-state index contributed by atoms with van der Waals surface area (Å²) in [5.74, 6) is 0. The normalized spacial score (nSPS) is 13.4. The summed E-state index contributed by atoms with van der Waals surface area (Å²) in [6.45, 7) is 15.6. The Balaban J connectivity index is 3.63. The Morgan fingerprint density at radius 2 is 1.54 bits per heavy atom. The smallest absolute Gasteiger partial charge is 0.0643 e. The molecule has 1 N–H and O–H groups in total. The predicted octanol–water partition coefficient (Wildman–Crippen LogP) is 2.44. The zero-order valence-corrected chi connectivity index (χ0v) is 10.0. The Bertz CT molecular complexity index is 136. The molecule has 2 heteroatoms. The van der Waals surface area contributed by atoms with Gasteiger partial charge in [0, 0.05) is 5.54 Å². The molecule has 0 bridgehead atoms. The van der Waals surface area contributed by atoms with Crippen LogP contribution >= 0.6 is 0 Å². The molecule has 0 radical (unpaired) electrons. The highest BCUT2D eigenvalue weighted by atomic mass is 16.5. The molecular weight excluding hydrogens is 162 g/mol. The van der Waals surface area contributed by atoms with E-state index in [1.807, 2.05) is 0 Å². The van der Waals surface area contributed by atoms with Crippen molar-refractivity contribution < 1.29 is 4.74 Å². The SMILES string of the molecule is CCNC(C)(C)COCC(C)(C)C. The van der Waals surface area contributed by atoms with Gasteiger partial charge < -0.3 is 10.1 Å². The maximum Gasteiger partial charge on any atom is 0.0643 e. The molecule has 0 saturated heterocycles. The summed E-state index contributed by atoms with van der Waals surface area (Å²) in [7, 11) is 0. The van der Waals surface area contributed by atoms with E-state index in [1.54, 1.807) is 0 Å². The van der Waals surface area contributed by atoms with E-state index in [9.17, 15) is 0 Å². The molecule has 0 amide bonds. The molecule has 80 valence electrons. The average Bonchev–Trinajstić information content (AvgIpc) is 1.82. The maximum atomic E-state index is 5.65. The number of hydrogen-bond donors (Lipinski definition) is 1. The zero-order chi connectivity index (χ0) is 10.5. The summed E-state index contributed by atoms with van der Waals surface area (Å²) in [4.78, 5) is 0. The minimum Gasteiger partial charge on any atom is -0.379 e. The van der Waals surface area contributed by atoms with Gasteiger partial charge in [-0.1, -0.05) is 27.7 Å². The van der Waals surface area contributed by atoms with E-state index in [-0.39, 0.29) is 11.0 Å². The summed E-state index contributed by atoms with van der Waals surface area (Å²) in [5, 5.41) is 3.38. The number of ether oxygens (including phenoxy) is 1. The maximum absolute atomic E-state index is 5.65. The lowest BCUT2D eigenvalue weighted by Crippen LogP contribution is -2.43. The van der Waals surface area contributed by atoms with Crippen molar-refractivity contribution in [3.05, 3.63) is 0 Å². The Morgan fingerprint density at radius 3 is 1.92 bits per heavy atom. The van der Waals surface area contributed by atoms with Crippen LogP contribution in [-0.4, -0.2) is 25.3 Å². The zero-order valence-electron chi connectivity index (χ0n) is 10.0. The van der Waals surface area contributed by atoms with E-state index in [1.165, 1.54) is 0 Å². The largest absolute Gasteiger partial charge is 0.379 e. The molecule has 0 aromatic rings. The third-order valence-electron chi connectivity index (χ3n) is 1.65. The van der Waals surface area contributed by atoms with Gasteiger partial charge in [-0.05, 0) is 25.8 Å². The lowest BCUT2D eigenvalue weighted by molar-refractivity contribution is 0.0371. The first-order valence-electron chi connectivity index (χ1n) is 5.10. The van der Waals surface area contributed by atoms with Crippen LogP contribution in [0.4, 0.5) is 0 Å². The van der Waals surface area contributed by atoms with E-state index < -0.39 is 0 Å². The summed E-state index contributed by atoms with van der Waals surface area (Å²) in [5.41, 5.74) is 0.363. The molecule has 0 rings (SSSR count). The van der Waals surface area contributed by atoms with Crippen molar-refractivity contribution in [2.24, 2.45) is 5.41 Å². The summed E-state index contributed by atoms with van der Waals surface area (Å²) in [6.07, 6.45) is 0. The summed E-state index contributed by atoms with van der Waals surface area (Å²) >= 11 is 0. The molecule has 0 unspecified atom stereocenters. The van der Waals surface area contributed by atoms with Crippen LogP contribution in [0, 0.1) is 5.41 Å². The van der Waals surface area contributed by atoms with Gasteiger partial charge in [-0.25, -0.2) is 0 Å². The quantitative estimate of drug-likeness (QED) is 0.714. The third-order valence-corrected chi connectivity index (χ3v) is 1.65. The molecule has 0 spiro atoms. The van der Waals surface area contributed by atoms with Crippen molar-refractivity contribution >= 4 is 0 Å². The first-order valence-corrected chi connectivity index (χ1v) is 5.10. The fourth-order valence-electron chi connectivity index (χ4n) is 1.14. The van der Waals surface area contributed by atoms with Gasteiger partial charge in [-0.15, -0.1) is 0 Å². The number of nitrogens with one attached hydrogen (secondary N) is 1. The van der Waals surface area contributed by atoms with Crippen molar-refractivity contribution in [2.45, 2.75) is 47.1 Å². The van der Waals surface area contributed by atoms with Gasteiger partial charge in [0.05, 0.1) is 13.2 Å². The second-order valence-electron chi connectivity index (χ2n) is 5.47. The first-order chi connectivity index (χ1) is 5.77. The molecule has 0 heterocycles. The molecular formula is C11H25NO. The van der Waals surface area contributed by atoms with E-state index in [4.69, 9.17) is 4.74 Å². The van der Waals surface area contributed by atoms with Crippen LogP contribution in [0.25, 0.3) is 0 Å². The Hall–Kier alpha value is -0.0800. The molecule has 0 fully saturated rings. The monoisotopic (exact) mass is 187 g/mol. The fraction of sp³-hybridized carbons (Fsp3) is 1.00. The average molecular weight is 187 g/mol. The van der Waals surface area contributed by atoms with Gasteiger partial charge in [0.2, 0.25) is 0 Å². The van der Waals surface area contributed by atoms with Gasteiger partial charge in [-0.3, -0.25) is 0 Å². The molecule has 0 saturated carbocycles. The standard InChI is InChI=1S/C11H25NO/c1-7-12-11(5,6)9-13-8-10(2,3)4/h12H,7-9H2,1-6H3. The van der Waals surface area contributed by atoms with Gasteiger partial charge in [0.1, 0.15) is 0 Å². The lowest BCUT2D eigenvalue weighted by atomic mass is 9.98. The molecule has 0 aliphatic heterocycles. The molecule has 2 nitrogen and oxygen atoms in total. The van der Waals surface area contributed by atoms with E-state index in [0.29, 0.717) is 0 Å². The van der Waals surface area contributed by atoms with Crippen LogP contribution in [0.15, 0.2) is 0 Å². The molecule has 0 aliphatic carbocycles. The number of likely N-dealkylation sites (N-methyl/N-ethyl adjacent to an activating group) is 1. The van der Waals surface area contributed by atoms with Gasteiger partial charge in [0.25, 0.3) is 0 Å². The first kappa shape index (κ1) is 12.9. The van der Waals surface area contributed by atoms with Crippen LogP contribution in [-0.2, 0) is 4.74 Å². The second kappa shape index (κ2) is 4.97. The van der Waals surface area contributed by atoms with Crippen molar-refractivity contribution in [1.82, 2.24) is 5.32 Å². The number of rotatable bonds is 5. The third kappa shape index (κ3) is 8.26. The number of hydrogen-bond acceptors (Lipinski definition) is 2. The van der Waals surface area contributed by atoms with Crippen LogP contribution in [0.2, 0.25) is 0 Å². The molecule has 0 atom stereocenters. The van der Waals surface area contributed by atoms with E-state index in [0.717, 1.165) is 19.8 Å². The van der Waals surface area contributed by atoms with Crippen LogP contribution < -0.4 is 5.32 Å². The lowest BCUT2D eigenvalue weighted by Gasteiger charge is -2.27. The molecule has 0 aromatic carbocycles. The van der Waals surface area contributed by atoms with Crippen molar-refractivity contribution in [2.75, 3.05) is 19.8 Å². The Morgan fingerprint density at radius 1 is 1.00 bits per heavy atom. The fourth-order valence-corrected chi connectivity index (χ4v) is 1.14. The topological polar surface area (TPSA) is 21.3 Å². The minimum absolute atomic E-state index is 0.0972. The van der Waals surface area contributed by atoms with Crippen molar-refractivity contribution in [3.63, 3.8) is 0 Å². The van der Waals surface area contributed by atoms with Crippen LogP contribution in [0.1, 0.15) is 41.5 Å². The van der Waals surface area contributed by atoms with Gasteiger partial charge in [0.15, 0.2) is 0 Å². The van der Waals surface area contributed by atoms with E-state index >= 15 is 0 Å². The summed E-state index contributed by atoms with van der Waals surface area (Å²) < 4.78 is 5.65. The van der Waals surface area contributed by atoms with Crippen LogP contribution in [0.5, 0.6) is 0 Å². The summed E-state index contributed by atoms with van der Waals surface area (Å²) in [6, 6.07) is 0. The van der Waals surface area contributed by atoms with Gasteiger partial charge in [-0.2, -0.15) is 0 Å². The molecule has 13 heavy (non-hydrogen) atoms.